The number of aryl methyl sites for hydroxylation is 2. The van der Waals surface area contributed by atoms with Gasteiger partial charge in [-0.2, -0.15) is 26.3 Å². The molecule has 26 nitrogen and oxygen atoms in total. The van der Waals surface area contributed by atoms with Crippen molar-refractivity contribution >= 4 is 69.7 Å². The maximum Gasteiger partial charge on any atom is 0.418 e. The minimum atomic E-state index is -4.72. The van der Waals surface area contributed by atoms with Crippen LogP contribution in [0.3, 0.4) is 0 Å². The van der Waals surface area contributed by atoms with Crippen LogP contribution in [0.1, 0.15) is 185 Å². The molecule has 10 aromatic heterocycles. The van der Waals surface area contributed by atoms with Gasteiger partial charge >= 0.3 is 12.4 Å². The predicted molar refractivity (Wildman–Crippen MR) is 495 cm³/mol. The Hall–Kier alpha value is -13.3. The van der Waals surface area contributed by atoms with Crippen molar-refractivity contribution in [2.75, 3.05) is 108 Å². The molecule has 4 aliphatic heterocycles. The van der Waals surface area contributed by atoms with Crippen molar-refractivity contribution < 1.29 is 62.9 Å². The number of pyridine rings is 8. The fraction of sp³-hybridized carbons (Fsp3) is 0.333. The first-order valence-electron chi connectivity index (χ1n) is 42.8. The molecule has 12 aromatic rings. The zero-order valence-electron chi connectivity index (χ0n) is 72.2. The lowest BCUT2D eigenvalue weighted by Crippen LogP contribution is -2.68. The predicted octanol–water partition coefficient (Wildman–Crippen LogP) is 17.1. The number of alkyl halides is 6. The molecule has 4 saturated heterocycles. The van der Waals surface area contributed by atoms with E-state index in [9.17, 15) is 45.5 Å². The van der Waals surface area contributed by atoms with E-state index in [2.05, 4.69) is 120 Å². The fourth-order valence-corrected chi connectivity index (χ4v) is 16.7. The number of anilines is 8. The summed E-state index contributed by atoms with van der Waals surface area (Å²) in [5.74, 6) is 3.56. The largest absolute Gasteiger partial charge is 0.461 e. The molecule has 678 valence electrons. The average Bonchev–Trinajstić information content (AvgIpc) is 0.902. The SMILES string of the molecule is CC(C)C[C@H]1CN(c2ccc(C(F)(F)F)c(C(=O)c3cccnc3N)n2)CC2(CCC2)N1.CC[C@@H]1CN(c2ccc(C(F)(F)F)c(C(=O)c3cccnc3N)n2)C[C@H](C(C)C)N1.Cc1ccc(-c2ccc(N3CCNC(c4ccccc4)C3)nc2C(=O)c2cccnc2N)o1.Cc1ccc(-c2ccc(N3CCNC(c4ccccc4)C3)nc2C(=O)c2cccnc2N)o1.[HH].[HH].[HH].[HH].[HH].[HH]. The number of hydrogen-bond donors (Lipinski definition) is 8. The topological polar surface area (TPSA) is 363 Å². The minimum Gasteiger partial charge on any atom is -0.461 e. The third kappa shape index (κ3) is 21.3. The summed E-state index contributed by atoms with van der Waals surface area (Å²) in [5.41, 5.74) is 24.8. The highest BCUT2D eigenvalue weighted by atomic mass is 19.4. The number of benzene rings is 2. The van der Waals surface area contributed by atoms with Crippen molar-refractivity contribution in [2.45, 2.75) is 129 Å². The van der Waals surface area contributed by atoms with E-state index in [1.54, 1.807) is 36.7 Å². The van der Waals surface area contributed by atoms with Gasteiger partial charge in [0, 0.05) is 146 Å². The first-order chi connectivity index (χ1) is 61.4. The second-order valence-corrected chi connectivity index (χ2v) is 33.4. The van der Waals surface area contributed by atoms with Gasteiger partial charge in [0.25, 0.3) is 0 Å². The van der Waals surface area contributed by atoms with Gasteiger partial charge in [-0.1, -0.05) is 95.3 Å². The number of carbonyl (C=O) groups is 4. The highest BCUT2D eigenvalue weighted by Gasteiger charge is 2.46. The molecule has 1 spiro atoms. The Labute approximate surface area is 747 Å². The Morgan fingerprint density at radius 1 is 0.461 bits per heavy atom. The van der Waals surface area contributed by atoms with Crippen LogP contribution < -0.4 is 63.8 Å². The zero-order chi connectivity index (χ0) is 90.7. The summed E-state index contributed by atoms with van der Waals surface area (Å²) in [6.07, 6.45) is 1.46. The summed E-state index contributed by atoms with van der Waals surface area (Å²) in [6.45, 7) is 21.5. The van der Waals surface area contributed by atoms with Gasteiger partial charge in [-0.15, -0.1) is 0 Å². The fourth-order valence-electron chi connectivity index (χ4n) is 16.7. The molecule has 5 aliphatic rings. The molecule has 2 aromatic carbocycles. The third-order valence-electron chi connectivity index (χ3n) is 23.5. The first-order valence-corrected chi connectivity index (χ1v) is 42.8. The normalized spacial score (nSPS) is 18.0. The number of halogens is 6. The van der Waals surface area contributed by atoms with Crippen molar-refractivity contribution in [3.8, 4) is 22.6 Å². The van der Waals surface area contributed by atoms with E-state index >= 15 is 0 Å². The minimum absolute atomic E-state index is 0. The highest BCUT2D eigenvalue weighted by molar-refractivity contribution is 6.15. The number of piperazine rings is 4. The molecule has 32 heteroatoms. The van der Waals surface area contributed by atoms with Crippen LogP contribution in [0, 0.1) is 25.7 Å². The van der Waals surface area contributed by atoms with Crippen LogP contribution >= 0.6 is 0 Å². The number of rotatable bonds is 20. The van der Waals surface area contributed by atoms with E-state index in [1.807, 2.05) is 109 Å². The molecule has 0 radical (unpaired) electrons. The van der Waals surface area contributed by atoms with E-state index in [0.29, 0.717) is 94.8 Å². The monoisotopic (exact) mass is 1760 g/mol. The number of ketones is 4. The number of aromatic nitrogens is 8. The van der Waals surface area contributed by atoms with Gasteiger partial charge in [-0.05, 0) is 190 Å². The molecule has 14 heterocycles. The summed E-state index contributed by atoms with van der Waals surface area (Å²) >= 11 is 0. The van der Waals surface area contributed by atoms with Gasteiger partial charge in [0.1, 0.15) is 92.4 Å². The Morgan fingerprint density at radius 2 is 0.844 bits per heavy atom. The van der Waals surface area contributed by atoms with Gasteiger partial charge in [0.2, 0.25) is 23.1 Å². The number of furan rings is 2. The van der Waals surface area contributed by atoms with Gasteiger partial charge < -0.3 is 72.6 Å². The number of nitrogen functional groups attached to an aromatic ring is 4. The molecule has 0 bridgehead atoms. The molecular weight excluding hydrogens is 1640 g/mol. The average molecular weight is 1760 g/mol. The molecule has 5 fully saturated rings. The van der Waals surface area contributed by atoms with E-state index < -0.39 is 46.4 Å². The summed E-state index contributed by atoms with van der Waals surface area (Å²) in [7, 11) is 0. The molecule has 5 atom stereocenters. The van der Waals surface area contributed by atoms with Crippen LogP contribution in [0.2, 0.25) is 0 Å². The number of hydrogen-bond acceptors (Lipinski definition) is 26. The lowest BCUT2D eigenvalue weighted by Gasteiger charge is -2.53. The van der Waals surface area contributed by atoms with Gasteiger partial charge in [0.05, 0.1) is 33.4 Å². The van der Waals surface area contributed by atoms with Crippen molar-refractivity contribution in [3.05, 3.63) is 286 Å². The van der Waals surface area contributed by atoms with Crippen molar-refractivity contribution in [1.29, 1.82) is 0 Å². The Bertz CT molecular complexity index is 5740. The Morgan fingerprint density at radius 3 is 1.20 bits per heavy atom. The molecule has 2 unspecified atom stereocenters. The van der Waals surface area contributed by atoms with Crippen LogP contribution in [0.15, 0.2) is 216 Å². The van der Waals surface area contributed by atoms with Crippen molar-refractivity contribution in [1.82, 2.24) is 61.1 Å². The molecule has 1 saturated carbocycles. The number of nitrogens with zero attached hydrogens (tertiary/aromatic N) is 12. The summed E-state index contributed by atoms with van der Waals surface area (Å²) < 4.78 is 93.7. The van der Waals surface area contributed by atoms with E-state index in [0.717, 1.165) is 107 Å². The molecule has 12 N–H and O–H groups in total. The first kappa shape index (κ1) is 90.9. The maximum atomic E-state index is 13.7. The Balaban J connectivity index is 0.000000217. The van der Waals surface area contributed by atoms with Gasteiger partial charge in [-0.25, -0.2) is 39.9 Å². The van der Waals surface area contributed by atoms with Gasteiger partial charge in [0.15, 0.2) is 0 Å². The van der Waals surface area contributed by atoms with E-state index in [4.69, 9.17) is 41.7 Å². The smallest absolute Gasteiger partial charge is 0.418 e. The summed E-state index contributed by atoms with van der Waals surface area (Å²) in [6, 6.07) is 53.8. The molecule has 1 aliphatic carbocycles. The van der Waals surface area contributed by atoms with E-state index in [1.165, 1.54) is 59.9 Å². The quantitative estimate of drug-likeness (QED) is 0.0259. The summed E-state index contributed by atoms with van der Waals surface area (Å²) in [4.78, 5) is 95.4. The lowest BCUT2D eigenvalue weighted by molar-refractivity contribution is -0.138. The molecule has 0 amide bonds. The van der Waals surface area contributed by atoms with Crippen LogP contribution in [0.25, 0.3) is 22.6 Å². The van der Waals surface area contributed by atoms with Gasteiger partial charge in [-0.3, -0.25) is 19.2 Å². The highest BCUT2D eigenvalue weighted by Crippen LogP contribution is 2.42. The number of nitrogens with two attached hydrogens (primary N) is 4. The van der Waals surface area contributed by atoms with Crippen molar-refractivity contribution in [2.24, 2.45) is 11.8 Å². The number of nitrogens with one attached hydrogen (secondary N) is 4. The molecule has 17 rings (SSSR count). The number of carbonyl (C=O) groups excluding carboxylic acids is 4. The maximum absolute atomic E-state index is 13.7. The standard InChI is InChI=1S/2C26H25N5O2.C23H28F3N5O.C21H26F3N5O.6H2/c2*1-17-9-11-22(33-17)19-10-12-23(30-24(19)25(32)20-8-5-13-29-26(20)27)31-15-14-28-21(16-31)18-6-3-2-4-7-18;1-14(2)11-15-12-31(13-22(30-15)8-4-9-22)18-7-6-17(23(24,25)26)19(29-18)20(32)16-5-3-10-28-21(16)27;1-4-13-10-29(11-16(27-13)12(2)3)17-8-7-15(21(22,23)24)18(28-17)19(30)14-6-5-9-26-20(14)25;;;;;;/h2*2-13,21,28H,14-16H2,1H3,(H2,27,29);3,5-7,10,14-15,30H,4,8-9,11-13H2,1-2H3,(H2,27,28);5-9,12-13,16,27H,4,10-11H2,1-3H3,(H2,25,26);6*1H/t;;15-;13-,16-;;;;;;/m..01....../s1. The second kappa shape index (κ2) is 39.7. The van der Waals surface area contributed by atoms with Crippen LogP contribution in [0.5, 0.6) is 0 Å². The van der Waals surface area contributed by atoms with Crippen LogP contribution in [0.4, 0.5) is 72.9 Å². The Kier molecular flexibility index (Phi) is 28.2. The third-order valence-corrected chi connectivity index (χ3v) is 23.5. The zero-order valence-corrected chi connectivity index (χ0v) is 72.2. The molecular formula is C96H116F6N20O6. The summed E-state index contributed by atoms with van der Waals surface area (Å²) in [5, 5.41) is 14.5. The van der Waals surface area contributed by atoms with Crippen molar-refractivity contribution in [3.63, 3.8) is 0 Å². The van der Waals surface area contributed by atoms with Crippen LogP contribution in [-0.4, -0.2) is 152 Å². The van der Waals surface area contributed by atoms with E-state index in [-0.39, 0.29) is 90.3 Å². The van der Waals surface area contributed by atoms with Crippen LogP contribution in [-0.2, 0) is 12.4 Å². The molecule has 128 heavy (non-hydrogen) atoms. The lowest BCUT2D eigenvalue weighted by atomic mass is 9.74. The second-order valence-electron chi connectivity index (χ2n) is 33.4.